The Kier molecular flexibility index (Phi) is 4.70. The maximum Gasteiger partial charge on any atom is 0.191 e. The molecule has 5 heteroatoms. The van der Waals surface area contributed by atoms with Crippen molar-refractivity contribution in [1.82, 2.24) is 0 Å². The molecular formula is C11H12FNO3. The maximum atomic E-state index is 13.2. The van der Waals surface area contributed by atoms with Crippen molar-refractivity contribution >= 4 is 0 Å². The predicted octanol–water partition coefficient (Wildman–Crippen LogP) is 1.70. The van der Waals surface area contributed by atoms with E-state index in [2.05, 4.69) is 0 Å². The first-order chi connectivity index (χ1) is 7.72. The van der Waals surface area contributed by atoms with Gasteiger partial charge in [0.05, 0.1) is 0 Å². The third-order valence-corrected chi connectivity index (χ3v) is 1.99. The van der Waals surface area contributed by atoms with Crippen LogP contribution in [0.3, 0.4) is 0 Å². The summed E-state index contributed by atoms with van der Waals surface area (Å²) in [6.07, 6.45) is -0.546. The summed E-state index contributed by atoms with van der Waals surface area (Å²) in [7, 11) is 2.93. The van der Waals surface area contributed by atoms with Crippen LogP contribution in [0, 0.1) is 17.1 Å². The van der Waals surface area contributed by atoms with E-state index in [1.165, 1.54) is 32.4 Å². The Bertz CT molecular complexity index is 385. The molecule has 86 valence electrons. The normalized spacial score (nSPS) is 10.2. The van der Waals surface area contributed by atoms with Gasteiger partial charge in [0.15, 0.2) is 6.29 Å². The van der Waals surface area contributed by atoms with E-state index >= 15 is 0 Å². The van der Waals surface area contributed by atoms with Gasteiger partial charge >= 0.3 is 0 Å². The molecular weight excluding hydrogens is 213 g/mol. The Hall–Kier alpha value is -1.64. The van der Waals surface area contributed by atoms with Crippen LogP contribution in [-0.4, -0.2) is 27.1 Å². The van der Waals surface area contributed by atoms with Crippen LogP contribution in [0.1, 0.15) is 5.56 Å². The van der Waals surface area contributed by atoms with Gasteiger partial charge in [0.1, 0.15) is 29.8 Å². The van der Waals surface area contributed by atoms with Gasteiger partial charge in [0.2, 0.25) is 0 Å². The summed E-state index contributed by atoms with van der Waals surface area (Å²) < 4.78 is 28.2. The van der Waals surface area contributed by atoms with Crippen LogP contribution in [0.15, 0.2) is 18.2 Å². The van der Waals surface area contributed by atoms with Gasteiger partial charge in [-0.15, -0.1) is 0 Å². The lowest BCUT2D eigenvalue weighted by Crippen LogP contribution is -2.22. The van der Waals surface area contributed by atoms with Crippen LogP contribution >= 0.6 is 0 Å². The van der Waals surface area contributed by atoms with Gasteiger partial charge in [-0.1, -0.05) is 6.07 Å². The number of hydrogen-bond acceptors (Lipinski definition) is 4. The van der Waals surface area contributed by atoms with Gasteiger partial charge in [-0.2, -0.15) is 5.26 Å². The highest BCUT2D eigenvalue weighted by Crippen LogP contribution is 2.20. The second-order valence-electron chi connectivity index (χ2n) is 2.94. The Morgan fingerprint density at radius 1 is 1.38 bits per heavy atom. The molecule has 0 aliphatic heterocycles. The molecule has 0 unspecified atom stereocenters. The van der Waals surface area contributed by atoms with E-state index in [0.29, 0.717) is 0 Å². The minimum atomic E-state index is -0.605. The second kappa shape index (κ2) is 6.05. The van der Waals surface area contributed by atoms with Gasteiger partial charge in [-0.3, -0.25) is 0 Å². The molecule has 0 atom stereocenters. The molecule has 0 saturated carbocycles. The quantitative estimate of drug-likeness (QED) is 0.715. The molecule has 0 aromatic heterocycles. The number of nitrogens with zero attached hydrogens (tertiary/aromatic N) is 1. The van der Waals surface area contributed by atoms with Crippen molar-refractivity contribution in [2.24, 2.45) is 0 Å². The smallest absolute Gasteiger partial charge is 0.191 e. The molecule has 1 rings (SSSR count). The molecule has 1 aromatic rings. The van der Waals surface area contributed by atoms with Crippen molar-refractivity contribution < 1.29 is 18.6 Å². The van der Waals surface area contributed by atoms with Crippen molar-refractivity contribution in [3.8, 4) is 11.8 Å². The summed E-state index contributed by atoms with van der Waals surface area (Å²) in [6.45, 7) is 0.0884. The third kappa shape index (κ3) is 2.92. The number of ether oxygens (including phenoxy) is 3. The molecule has 0 aliphatic rings. The largest absolute Gasteiger partial charge is 0.487 e. The molecule has 0 fully saturated rings. The van der Waals surface area contributed by atoms with Crippen LogP contribution in [0.4, 0.5) is 4.39 Å². The molecule has 0 bridgehead atoms. The van der Waals surface area contributed by atoms with Crippen molar-refractivity contribution in [2.45, 2.75) is 6.29 Å². The Labute approximate surface area is 93.2 Å². The van der Waals surface area contributed by atoms with Gasteiger partial charge in [-0.25, -0.2) is 4.39 Å². The van der Waals surface area contributed by atoms with Crippen molar-refractivity contribution in [3.63, 3.8) is 0 Å². The molecule has 0 spiro atoms. The molecule has 16 heavy (non-hydrogen) atoms. The van der Waals surface area contributed by atoms with E-state index in [1.54, 1.807) is 6.07 Å². The summed E-state index contributed by atoms with van der Waals surface area (Å²) in [5.74, 6) is -0.423. The van der Waals surface area contributed by atoms with Gasteiger partial charge in [-0.05, 0) is 12.1 Å². The van der Waals surface area contributed by atoms with Gasteiger partial charge in [0, 0.05) is 14.2 Å². The summed E-state index contributed by atoms with van der Waals surface area (Å²) >= 11 is 0. The second-order valence-corrected chi connectivity index (χ2v) is 2.94. The standard InChI is InChI=1S/C11H12FNO3/c1-14-11(15-2)7-16-10-5-3-4-9(12)8(10)6-13/h3-5,11H,7H2,1-2H3. The average molecular weight is 225 g/mol. The fourth-order valence-corrected chi connectivity index (χ4v) is 1.12. The van der Waals surface area contributed by atoms with Gasteiger partial charge in [0.25, 0.3) is 0 Å². The molecule has 4 nitrogen and oxygen atoms in total. The molecule has 0 amide bonds. The zero-order valence-corrected chi connectivity index (χ0v) is 9.07. The minimum absolute atomic E-state index is 0.0884. The lowest BCUT2D eigenvalue weighted by molar-refractivity contribution is -0.122. The van der Waals surface area contributed by atoms with Crippen LogP contribution in [0.25, 0.3) is 0 Å². The maximum absolute atomic E-state index is 13.2. The highest BCUT2D eigenvalue weighted by atomic mass is 19.1. The molecule has 0 radical (unpaired) electrons. The van der Waals surface area contributed by atoms with Gasteiger partial charge < -0.3 is 14.2 Å². The average Bonchev–Trinajstić information content (AvgIpc) is 2.30. The Morgan fingerprint density at radius 3 is 2.62 bits per heavy atom. The van der Waals surface area contributed by atoms with E-state index in [4.69, 9.17) is 19.5 Å². The fraction of sp³-hybridized carbons (Fsp3) is 0.364. The number of methoxy groups -OCH3 is 2. The number of nitriles is 1. The molecule has 0 aliphatic carbocycles. The third-order valence-electron chi connectivity index (χ3n) is 1.99. The highest BCUT2D eigenvalue weighted by molar-refractivity contribution is 5.43. The Balaban J connectivity index is 2.74. The van der Waals surface area contributed by atoms with Crippen molar-refractivity contribution in [3.05, 3.63) is 29.6 Å². The molecule has 0 saturated heterocycles. The summed E-state index contributed by atoms with van der Waals surface area (Å²) in [5, 5.41) is 8.75. The molecule has 0 N–H and O–H groups in total. The fourth-order valence-electron chi connectivity index (χ4n) is 1.12. The van der Waals surface area contributed by atoms with E-state index in [0.717, 1.165) is 0 Å². The molecule has 0 heterocycles. The van der Waals surface area contributed by atoms with Crippen LogP contribution < -0.4 is 4.74 Å². The SMILES string of the molecule is COC(COc1cccc(F)c1C#N)OC. The van der Waals surface area contributed by atoms with Crippen molar-refractivity contribution in [2.75, 3.05) is 20.8 Å². The predicted molar refractivity (Wildman–Crippen MR) is 54.4 cm³/mol. The van der Waals surface area contributed by atoms with E-state index in [9.17, 15) is 4.39 Å². The monoisotopic (exact) mass is 225 g/mol. The Morgan fingerprint density at radius 2 is 2.06 bits per heavy atom. The number of benzene rings is 1. The first-order valence-electron chi connectivity index (χ1n) is 4.60. The first kappa shape index (κ1) is 12.4. The number of hydrogen-bond donors (Lipinski definition) is 0. The lowest BCUT2D eigenvalue weighted by Gasteiger charge is -2.14. The topological polar surface area (TPSA) is 51.5 Å². The van der Waals surface area contributed by atoms with Crippen LogP contribution in [0.2, 0.25) is 0 Å². The number of halogens is 1. The number of rotatable bonds is 5. The first-order valence-corrected chi connectivity index (χ1v) is 4.60. The zero-order valence-electron chi connectivity index (χ0n) is 9.07. The highest BCUT2D eigenvalue weighted by Gasteiger charge is 2.11. The lowest BCUT2D eigenvalue weighted by atomic mass is 10.2. The van der Waals surface area contributed by atoms with E-state index in [-0.39, 0.29) is 17.9 Å². The van der Waals surface area contributed by atoms with Crippen LogP contribution in [-0.2, 0) is 9.47 Å². The van der Waals surface area contributed by atoms with E-state index in [1.807, 2.05) is 0 Å². The van der Waals surface area contributed by atoms with Crippen molar-refractivity contribution in [1.29, 1.82) is 5.26 Å². The summed E-state index contributed by atoms with van der Waals surface area (Å²) in [5.41, 5.74) is -0.117. The summed E-state index contributed by atoms with van der Waals surface area (Å²) in [6, 6.07) is 5.94. The van der Waals surface area contributed by atoms with Crippen LogP contribution in [0.5, 0.6) is 5.75 Å². The zero-order chi connectivity index (χ0) is 12.0. The minimum Gasteiger partial charge on any atom is -0.487 e. The molecule has 1 aromatic carbocycles. The van der Waals surface area contributed by atoms with E-state index < -0.39 is 12.1 Å². The summed E-state index contributed by atoms with van der Waals surface area (Å²) in [4.78, 5) is 0.